The van der Waals surface area contributed by atoms with Crippen molar-refractivity contribution in [3.63, 3.8) is 0 Å². The average molecular weight is 326 g/mol. The zero-order valence-electron chi connectivity index (χ0n) is 15.9. The molecule has 0 saturated heterocycles. The number of unbranched alkanes of at least 4 members (excludes halogenated alkanes) is 12. The van der Waals surface area contributed by atoms with Gasteiger partial charge in [0, 0.05) is 14.1 Å². The maximum atomic E-state index is 11.5. The molecule has 0 radical (unpaired) electrons. The van der Waals surface area contributed by atoms with Crippen LogP contribution in [0.1, 0.15) is 90.4 Å². The van der Waals surface area contributed by atoms with Gasteiger partial charge < -0.3 is 9.64 Å². The Kier molecular flexibility index (Phi) is 15.2. The third kappa shape index (κ3) is 14.3. The first kappa shape index (κ1) is 22.0. The van der Waals surface area contributed by atoms with Crippen LogP contribution in [-0.4, -0.2) is 31.6 Å². The van der Waals surface area contributed by atoms with Crippen molar-refractivity contribution in [1.29, 1.82) is 0 Å². The quantitative estimate of drug-likeness (QED) is 0.207. The first-order valence-electron chi connectivity index (χ1n) is 9.63. The van der Waals surface area contributed by atoms with E-state index in [4.69, 9.17) is 4.74 Å². The van der Waals surface area contributed by atoms with E-state index in [9.17, 15) is 4.79 Å². The smallest absolute Gasteiger partial charge is 0.353 e. The first-order chi connectivity index (χ1) is 11.1. The van der Waals surface area contributed by atoms with Crippen LogP contribution < -0.4 is 0 Å². The molecule has 0 aromatic heterocycles. The molecule has 3 nitrogen and oxygen atoms in total. The number of hydrogen-bond acceptors (Lipinski definition) is 3. The van der Waals surface area contributed by atoms with Crippen molar-refractivity contribution in [2.75, 3.05) is 20.7 Å². The van der Waals surface area contributed by atoms with Gasteiger partial charge in [-0.05, 0) is 6.42 Å². The molecule has 0 aliphatic carbocycles. The van der Waals surface area contributed by atoms with E-state index in [-0.39, 0.29) is 5.97 Å². The average Bonchev–Trinajstić information content (AvgIpc) is 2.54. The summed E-state index contributed by atoms with van der Waals surface area (Å²) in [5.74, 6) is -0.297. The molecule has 0 rings (SSSR count). The van der Waals surface area contributed by atoms with Crippen molar-refractivity contribution >= 4 is 5.97 Å². The van der Waals surface area contributed by atoms with Gasteiger partial charge in [0.2, 0.25) is 0 Å². The molecule has 0 bridgehead atoms. The Labute approximate surface area is 144 Å². The highest BCUT2D eigenvalue weighted by Crippen LogP contribution is 2.12. The highest BCUT2D eigenvalue weighted by atomic mass is 16.5. The molecule has 0 aliphatic rings. The molecule has 0 atom stereocenters. The Morgan fingerprint density at radius 1 is 0.783 bits per heavy atom. The van der Waals surface area contributed by atoms with Crippen LogP contribution in [0.2, 0.25) is 0 Å². The molecule has 0 N–H and O–H groups in total. The van der Waals surface area contributed by atoms with E-state index in [0.29, 0.717) is 12.3 Å². The molecular formula is C20H39NO2. The number of rotatable bonds is 16. The molecule has 0 fully saturated rings. The predicted molar refractivity (Wildman–Crippen MR) is 99.5 cm³/mol. The SMILES string of the molecule is C=C(C(=O)OCCCCCCCCCCCCCCC)N(C)C. The maximum absolute atomic E-state index is 11.5. The summed E-state index contributed by atoms with van der Waals surface area (Å²) in [7, 11) is 3.60. The van der Waals surface area contributed by atoms with Crippen LogP contribution in [0.3, 0.4) is 0 Å². The Morgan fingerprint density at radius 2 is 1.17 bits per heavy atom. The molecule has 0 amide bonds. The summed E-state index contributed by atoms with van der Waals surface area (Å²) in [6, 6.07) is 0. The molecule has 136 valence electrons. The van der Waals surface area contributed by atoms with E-state index in [1.807, 2.05) is 0 Å². The largest absolute Gasteiger partial charge is 0.461 e. The van der Waals surface area contributed by atoms with Crippen LogP contribution in [0.4, 0.5) is 0 Å². The van der Waals surface area contributed by atoms with Crippen molar-refractivity contribution in [1.82, 2.24) is 4.90 Å². The first-order valence-corrected chi connectivity index (χ1v) is 9.63. The van der Waals surface area contributed by atoms with Crippen LogP contribution >= 0.6 is 0 Å². The second kappa shape index (κ2) is 15.9. The van der Waals surface area contributed by atoms with Crippen molar-refractivity contribution < 1.29 is 9.53 Å². The zero-order valence-corrected chi connectivity index (χ0v) is 15.9. The molecule has 3 heteroatoms. The number of carbonyl (C=O) groups excluding carboxylic acids is 1. The van der Waals surface area contributed by atoms with E-state index in [0.717, 1.165) is 12.8 Å². The third-order valence-corrected chi connectivity index (χ3v) is 4.26. The number of ether oxygens (including phenoxy) is 1. The molecule has 0 spiro atoms. The Balaban J connectivity index is 3.19. The molecule has 0 unspecified atom stereocenters. The van der Waals surface area contributed by atoms with Crippen molar-refractivity contribution in [2.45, 2.75) is 90.4 Å². The van der Waals surface area contributed by atoms with Crippen LogP contribution in [0.15, 0.2) is 12.3 Å². The van der Waals surface area contributed by atoms with Gasteiger partial charge in [0.1, 0.15) is 5.70 Å². The van der Waals surface area contributed by atoms with Crippen molar-refractivity contribution in [3.05, 3.63) is 12.3 Å². The lowest BCUT2D eigenvalue weighted by molar-refractivity contribution is -0.140. The Morgan fingerprint density at radius 3 is 1.57 bits per heavy atom. The van der Waals surface area contributed by atoms with E-state index in [1.165, 1.54) is 70.6 Å². The van der Waals surface area contributed by atoms with Crippen LogP contribution in [0.25, 0.3) is 0 Å². The van der Waals surface area contributed by atoms with Gasteiger partial charge in [-0.15, -0.1) is 0 Å². The molecule has 0 aliphatic heterocycles. The molecule has 0 aromatic rings. The van der Waals surface area contributed by atoms with Gasteiger partial charge in [-0.25, -0.2) is 4.79 Å². The van der Waals surface area contributed by atoms with Gasteiger partial charge in [0.15, 0.2) is 0 Å². The lowest BCUT2D eigenvalue weighted by Crippen LogP contribution is -2.20. The highest BCUT2D eigenvalue weighted by molar-refractivity contribution is 5.86. The zero-order chi connectivity index (χ0) is 17.3. The molecule has 23 heavy (non-hydrogen) atoms. The minimum Gasteiger partial charge on any atom is -0.461 e. The summed E-state index contributed by atoms with van der Waals surface area (Å²) in [5.41, 5.74) is 0.416. The van der Waals surface area contributed by atoms with E-state index in [2.05, 4.69) is 13.5 Å². The Bertz CT molecular complexity index is 300. The number of esters is 1. The summed E-state index contributed by atoms with van der Waals surface area (Å²) in [4.78, 5) is 13.2. The van der Waals surface area contributed by atoms with E-state index in [1.54, 1.807) is 19.0 Å². The van der Waals surface area contributed by atoms with Gasteiger partial charge in [0.05, 0.1) is 6.61 Å². The maximum Gasteiger partial charge on any atom is 0.353 e. The third-order valence-electron chi connectivity index (χ3n) is 4.26. The van der Waals surface area contributed by atoms with Crippen molar-refractivity contribution in [2.24, 2.45) is 0 Å². The fraction of sp³-hybridized carbons (Fsp3) is 0.850. The molecule has 0 aromatic carbocycles. The van der Waals surface area contributed by atoms with Gasteiger partial charge >= 0.3 is 5.97 Å². The topological polar surface area (TPSA) is 29.5 Å². The standard InChI is InChI=1S/C20H39NO2/c1-5-6-7-8-9-10-11-12-13-14-15-16-17-18-23-20(22)19(2)21(3)4/h2,5-18H2,1,3-4H3. The summed E-state index contributed by atoms with van der Waals surface area (Å²) in [6.07, 6.45) is 17.2. The minimum absolute atomic E-state index is 0.297. The second-order valence-electron chi connectivity index (χ2n) is 6.72. The fourth-order valence-electron chi connectivity index (χ4n) is 2.55. The fourth-order valence-corrected chi connectivity index (χ4v) is 2.55. The summed E-state index contributed by atoms with van der Waals surface area (Å²) >= 11 is 0. The van der Waals surface area contributed by atoms with Crippen molar-refractivity contribution in [3.8, 4) is 0 Å². The van der Waals surface area contributed by atoms with Crippen LogP contribution in [0, 0.1) is 0 Å². The summed E-state index contributed by atoms with van der Waals surface area (Å²) < 4.78 is 5.18. The van der Waals surface area contributed by atoms with Gasteiger partial charge in [-0.3, -0.25) is 0 Å². The molecule has 0 heterocycles. The molecular weight excluding hydrogens is 286 g/mol. The summed E-state index contributed by atoms with van der Waals surface area (Å²) in [5, 5.41) is 0. The Hall–Kier alpha value is -0.990. The number of nitrogens with zero attached hydrogens (tertiary/aromatic N) is 1. The lowest BCUT2D eigenvalue weighted by Gasteiger charge is -2.14. The van der Waals surface area contributed by atoms with Gasteiger partial charge in [-0.1, -0.05) is 90.6 Å². The van der Waals surface area contributed by atoms with Gasteiger partial charge in [-0.2, -0.15) is 0 Å². The molecule has 0 saturated carbocycles. The second-order valence-corrected chi connectivity index (χ2v) is 6.72. The number of hydrogen-bond donors (Lipinski definition) is 0. The lowest BCUT2D eigenvalue weighted by atomic mass is 10.0. The van der Waals surface area contributed by atoms with E-state index >= 15 is 0 Å². The number of carbonyl (C=O) groups is 1. The monoisotopic (exact) mass is 325 g/mol. The number of likely N-dealkylation sites (N-methyl/N-ethyl adjacent to an activating group) is 1. The normalized spacial score (nSPS) is 10.6. The van der Waals surface area contributed by atoms with Crippen LogP contribution in [-0.2, 0) is 9.53 Å². The highest BCUT2D eigenvalue weighted by Gasteiger charge is 2.09. The predicted octanol–water partition coefficient (Wildman–Crippen LogP) is 5.70. The van der Waals surface area contributed by atoms with E-state index < -0.39 is 0 Å². The summed E-state index contributed by atoms with van der Waals surface area (Å²) in [6.45, 7) is 6.48. The van der Waals surface area contributed by atoms with Crippen LogP contribution in [0.5, 0.6) is 0 Å². The minimum atomic E-state index is -0.297. The van der Waals surface area contributed by atoms with Gasteiger partial charge in [0.25, 0.3) is 0 Å².